The maximum absolute atomic E-state index is 14.0. The minimum atomic E-state index is -0.754. The highest BCUT2D eigenvalue weighted by Gasteiger charge is 2.32. The number of aromatic nitrogens is 1. The van der Waals surface area contributed by atoms with Gasteiger partial charge < -0.3 is 25.8 Å². The van der Waals surface area contributed by atoms with Crippen molar-refractivity contribution in [2.75, 3.05) is 44.6 Å². The van der Waals surface area contributed by atoms with Gasteiger partial charge in [-0.3, -0.25) is 9.69 Å². The van der Waals surface area contributed by atoms with E-state index in [1.165, 1.54) is 5.56 Å². The molecule has 3 aromatic carbocycles. The van der Waals surface area contributed by atoms with E-state index in [9.17, 15) is 9.59 Å². The van der Waals surface area contributed by atoms with E-state index in [2.05, 4.69) is 62.2 Å². The summed E-state index contributed by atoms with van der Waals surface area (Å²) in [5, 5.41) is 10.7. The van der Waals surface area contributed by atoms with Crippen LogP contribution in [0, 0.1) is 0 Å². The number of hydrogen-bond donors (Lipinski definition) is 4. The predicted molar refractivity (Wildman–Crippen MR) is 172 cm³/mol. The highest BCUT2D eigenvalue weighted by molar-refractivity contribution is 5.98. The van der Waals surface area contributed by atoms with E-state index in [0.29, 0.717) is 19.0 Å². The summed E-state index contributed by atoms with van der Waals surface area (Å²) < 4.78 is 0. The minimum Gasteiger partial charge on any atom is -0.361 e. The van der Waals surface area contributed by atoms with Crippen molar-refractivity contribution >= 4 is 28.5 Å². The number of aromatic amines is 1. The molecule has 6 rings (SSSR count). The summed E-state index contributed by atoms with van der Waals surface area (Å²) in [4.78, 5) is 35.2. The smallest absolute Gasteiger partial charge is 0.318 e. The molecule has 8 heteroatoms. The number of fused-ring (bicyclic) bond motifs is 1. The van der Waals surface area contributed by atoms with Crippen molar-refractivity contribution in [3.05, 3.63) is 102 Å². The number of H-pyrrole nitrogens is 1. The molecule has 0 bridgehead atoms. The summed E-state index contributed by atoms with van der Waals surface area (Å²) in [6, 6.07) is 25.7. The number of carbonyl (C=O) groups is 2. The van der Waals surface area contributed by atoms with Crippen molar-refractivity contribution < 1.29 is 9.59 Å². The third kappa shape index (κ3) is 6.92. The molecular weight excluding hydrogens is 536 g/mol. The molecule has 8 nitrogen and oxygen atoms in total. The number of piperazine rings is 1. The van der Waals surface area contributed by atoms with Crippen LogP contribution in [0.4, 0.5) is 10.5 Å². The molecule has 0 aliphatic carbocycles. The van der Waals surface area contributed by atoms with Crippen molar-refractivity contribution in [3.8, 4) is 0 Å². The summed E-state index contributed by atoms with van der Waals surface area (Å²) in [6.07, 6.45) is 3.78. The largest absolute Gasteiger partial charge is 0.361 e. The van der Waals surface area contributed by atoms with Crippen LogP contribution >= 0.6 is 0 Å². The van der Waals surface area contributed by atoms with Gasteiger partial charge in [0.05, 0.1) is 0 Å². The molecule has 224 valence electrons. The van der Waals surface area contributed by atoms with Crippen molar-refractivity contribution in [3.63, 3.8) is 0 Å². The SMILES string of the molecule is C[C@@H](c1c[nH]c2ccccc12)[C@@H](NC(=O)N1CCC(c2ccccc2)CC1)C(=O)Nc1cccc(CN2CCNCC2)c1. The minimum absolute atomic E-state index is 0.189. The molecule has 2 aliphatic rings. The van der Waals surface area contributed by atoms with Gasteiger partial charge in [-0.05, 0) is 53.6 Å². The highest BCUT2D eigenvalue weighted by atomic mass is 16.2. The zero-order valence-electron chi connectivity index (χ0n) is 24.9. The standard InChI is InChI=1S/C35H42N6O2/c1-25(31-23-37-32-13-6-5-12-30(31)32)33(39-35(43)41-18-14-28(15-19-41)27-9-3-2-4-10-27)34(42)38-29-11-7-8-26(22-29)24-40-20-16-36-17-21-40/h2-13,22-23,25,28,33,36-37H,14-21,24H2,1H3,(H,38,42)(H,39,43)/t25-,33+/m0/s1. The Hall–Kier alpha value is -4.14. The number of nitrogens with zero attached hydrogens (tertiary/aromatic N) is 2. The van der Waals surface area contributed by atoms with Gasteiger partial charge in [0.1, 0.15) is 6.04 Å². The van der Waals surface area contributed by atoms with E-state index in [-0.39, 0.29) is 17.9 Å². The van der Waals surface area contributed by atoms with Gasteiger partial charge in [-0.1, -0.05) is 67.6 Å². The second-order valence-corrected chi connectivity index (χ2v) is 11.9. The van der Waals surface area contributed by atoms with Gasteiger partial charge >= 0.3 is 6.03 Å². The number of carbonyl (C=O) groups excluding carboxylic acids is 2. The van der Waals surface area contributed by atoms with Crippen molar-refractivity contribution in [2.45, 2.75) is 44.2 Å². The first kappa shape index (κ1) is 29.0. The van der Waals surface area contributed by atoms with E-state index >= 15 is 0 Å². The zero-order chi connectivity index (χ0) is 29.6. The van der Waals surface area contributed by atoms with Crippen LogP contribution in [0.2, 0.25) is 0 Å². The molecule has 3 heterocycles. The van der Waals surface area contributed by atoms with Gasteiger partial charge in [-0.25, -0.2) is 4.79 Å². The number of hydrogen-bond acceptors (Lipinski definition) is 4. The van der Waals surface area contributed by atoms with E-state index < -0.39 is 6.04 Å². The third-order valence-electron chi connectivity index (χ3n) is 9.04. The average Bonchev–Trinajstić information content (AvgIpc) is 3.49. The lowest BCUT2D eigenvalue weighted by atomic mass is 9.89. The fourth-order valence-electron chi connectivity index (χ4n) is 6.53. The van der Waals surface area contributed by atoms with Crippen LogP contribution in [0.1, 0.15) is 48.3 Å². The van der Waals surface area contributed by atoms with Crippen LogP contribution in [-0.4, -0.2) is 72.0 Å². The molecule has 0 unspecified atom stereocenters. The van der Waals surface area contributed by atoms with Crippen molar-refractivity contribution in [2.24, 2.45) is 0 Å². The van der Waals surface area contributed by atoms with E-state index in [1.807, 2.05) is 60.5 Å². The first-order valence-corrected chi connectivity index (χ1v) is 15.5. The molecule has 3 amide bonds. The Kier molecular flexibility index (Phi) is 9.05. The summed E-state index contributed by atoms with van der Waals surface area (Å²) in [7, 11) is 0. The summed E-state index contributed by atoms with van der Waals surface area (Å²) >= 11 is 0. The quantitative estimate of drug-likeness (QED) is 0.229. The molecule has 0 spiro atoms. The molecule has 2 aliphatic heterocycles. The van der Waals surface area contributed by atoms with Crippen LogP contribution in [0.25, 0.3) is 10.9 Å². The Labute approximate surface area is 253 Å². The summed E-state index contributed by atoms with van der Waals surface area (Å²) in [5.41, 5.74) is 5.25. The average molecular weight is 579 g/mol. The Bertz CT molecular complexity index is 1520. The van der Waals surface area contributed by atoms with Crippen molar-refractivity contribution in [1.82, 2.24) is 25.4 Å². The van der Waals surface area contributed by atoms with Gasteiger partial charge in [0, 0.05) is 74.5 Å². The van der Waals surface area contributed by atoms with Gasteiger partial charge in [0.25, 0.3) is 0 Å². The summed E-state index contributed by atoms with van der Waals surface area (Å²) in [6.45, 7) is 8.19. The van der Waals surface area contributed by atoms with Crippen molar-refractivity contribution in [1.29, 1.82) is 0 Å². The normalized spacial score (nSPS) is 17.8. The number of benzene rings is 3. The van der Waals surface area contributed by atoms with E-state index in [4.69, 9.17) is 0 Å². The second-order valence-electron chi connectivity index (χ2n) is 11.9. The van der Waals surface area contributed by atoms with Gasteiger partial charge in [0.15, 0.2) is 0 Å². The molecule has 4 aromatic rings. The molecule has 2 atom stereocenters. The fourth-order valence-corrected chi connectivity index (χ4v) is 6.53. The van der Waals surface area contributed by atoms with Crippen LogP contribution in [0.5, 0.6) is 0 Å². The molecule has 43 heavy (non-hydrogen) atoms. The number of rotatable bonds is 8. The fraction of sp³-hybridized carbons (Fsp3) is 0.371. The molecule has 1 aromatic heterocycles. The first-order valence-electron chi connectivity index (χ1n) is 15.5. The number of anilines is 1. The number of piperidine rings is 1. The Balaban J connectivity index is 1.18. The van der Waals surface area contributed by atoms with Crippen LogP contribution < -0.4 is 16.0 Å². The van der Waals surface area contributed by atoms with Crippen LogP contribution in [0.3, 0.4) is 0 Å². The Morgan fingerprint density at radius 3 is 2.44 bits per heavy atom. The first-order chi connectivity index (χ1) is 21.0. The Morgan fingerprint density at radius 1 is 0.907 bits per heavy atom. The lowest BCUT2D eigenvalue weighted by Crippen LogP contribution is -2.53. The van der Waals surface area contributed by atoms with Crippen LogP contribution in [-0.2, 0) is 11.3 Å². The molecular formula is C35H42N6O2. The monoisotopic (exact) mass is 578 g/mol. The van der Waals surface area contributed by atoms with E-state index in [1.54, 1.807) is 0 Å². The highest BCUT2D eigenvalue weighted by Crippen LogP contribution is 2.30. The number of amides is 3. The Morgan fingerprint density at radius 2 is 1.65 bits per heavy atom. The van der Waals surface area contributed by atoms with Gasteiger partial charge in [-0.15, -0.1) is 0 Å². The van der Waals surface area contributed by atoms with Gasteiger partial charge in [0.2, 0.25) is 5.91 Å². The number of nitrogens with one attached hydrogen (secondary N) is 4. The number of para-hydroxylation sites is 1. The second kappa shape index (κ2) is 13.4. The molecule has 0 radical (unpaired) electrons. The lowest BCUT2D eigenvalue weighted by Gasteiger charge is -2.34. The lowest BCUT2D eigenvalue weighted by molar-refractivity contribution is -0.118. The maximum atomic E-state index is 14.0. The predicted octanol–water partition coefficient (Wildman–Crippen LogP) is 5.27. The van der Waals surface area contributed by atoms with Crippen LogP contribution in [0.15, 0.2) is 85.1 Å². The third-order valence-corrected chi connectivity index (χ3v) is 9.04. The molecule has 2 saturated heterocycles. The topological polar surface area (TPSA) is 92.5 Å². The maximum Gasteiger partial charge on any atom is 0.318 e. The van der Waals surface area contributed by atoms with E-state index in [0.717, 1.165) is 73.3 Å². The summed E-state index contributed by atoms with van der Waals surface area (Å²) in [5.74, 6) is -0.0291. The molecule has 2 fully saturated rings. The van der Waals surface area contributed by atoms with Gasteiger partial charge in [-0.2, -0.15) is 0 Å². The zero-order valence-corrected chi connectivity index (χ0v) is 24.9. The number of likely N-dealkylation sites (tertiary alicyclic amines) is 1. The number of urea groups is 1. The molecule has 4 N–H and O–H groups in total. The molecule has 0 saturated carbocycles.